The van der Waals surface area contributed by atoms with E-state index in [0.29, 0.717) is 6.42 Å². The summed E-state index contributed by atoms with van der Waals surface area (Å²) in [5, 5.41) is 41.2. The SMILES string of the molecule is C#CC#CC#CC#CC#CC#CC#CC(=O)OC[C@H](COP(=O)(O)OC1C(O)[C@@H](O)C(OP(=O)(O)O)[C@@H](O)[C@H]1O)OC(=O)CCCCCCCCCCCCCCC.N.[HH].[HH].[HH].[HH].[HH].[HH].[HH].[HH].[HH].[HH].[HH].[HH].[HH]. The molecule has 0 heterocycles. The lowest BCUT2D eigenvalue weighted by atomic mass is 9.85. The molecule has 0 aromatic rings. The van der Waals surface area contributed by atoms with Crippen LogP contribution in [0.1, 0.15) is 115 Å². The first-order chi connectivity index (χ1) is 27.6. The third-order valence-corrected chi connectivity index (χ3v) is 9.53. The monoisotopic (exact) mass is 891 g/mol. The molecule has 4 unspecified atom stereocenters. The number of hydrogen-bond donors (Lipinski definition) is 8. The Kier molecular flexibility index (Phi) is 29.5. The smallest absolute Gasteiger partial charge is 0.456 e. The molecule has 19 heteroatoms. The first-order valence-corrected chi connectivity index (χ1v) is 21.6. The number of aliphatic hydroxyl groups excluding tert-OH is 4. The number of hydrogen-bond acceptors (Lipinski definition) is 14. The summed E-state index contributed by atoms with van der Waals surface area (Å²) < 4.78 is 48.2. The number of phosphoric acid groups is 2. The molecule has 1 aliphatic rings. The number of ether oxygens (including phenoxy) is 2. The molecule has 0 bridgehead atoms. The normalized spacial score (nSPS) is 20.5. The second-order valence-corrected chi connectivity index (χ2v) is 15.3. The van der Waals surface area contributed by atoms with E-state index in [1.54, 1.807) is 0 Å². The quantitative estimate of drug-likeness (QED) is 0.0199. The molecule has 0 radical (unpaired) electrons. The van der Waals surface area contributed by atoms with Crippen LogP contribution in [0.5, 0.6) is 0 Å². The maximum absolute atomic E-state index is 12.8. The van der Waals surface area contributed by atoms with Crippen LogP contribution < -0.4 is 6.15 Å². The maximum Gasteiger partial charge on any atom is 0.472 e. The fourth-order valence-corrected chi connectivity index (χ4v) is 6.74. The molecule has 0 amide bonds. The molecule has 1 saturated carbocycles. The van der Waals surface area contributed by atoms with Gasteiger partial charge in [-0.05, 0) is 77.5 Å². The lowest BCUT2D eigenvalue weighted by Crippen LogP contribution is -2.64. The molecule has 10 N–H and O–H groups in total. The van der Waals surface area contributed by atoms with Crippen LogP contribution in [0.25, 0.3) is 0 Å². The van der Waals surface area contributed by atoms with Gasteiger partial charge in [-0.25, -0.2) is 13.9 Å². The minimum absolute atomic E-state index is 0. The second kappa shape index (κ2) is 31.8. The number of esters is 2. The Morgan fingerprint density at radius 1 is 0.627 bits per heavy atom. The van der Waals surface area contributed by atoms with Crippen LogP contribution in [0.3, 0.4) is 0 Å². The van der Waals surface area contributed by atoms with Crippen molar-refractivity contribution >= 4 is 27.6 Å². The molecule has 0 saturated heterocycles. The van der Waals surface area contributed by atoms with Crippen LogP contribution >= 0.6 is 15.6 Å². The average molecular weight is 892 g/mol. The highest BCUT2D eigenvalue weighted by Crippen LogP contribution is 2.48. The van der Waals surface area contributed by atoms with Gasteiger partial charge in [0.1, 0.15) is 43.2 Å². The summed E-state index contributed by atoms with van der Waals surface area (Å²) in [5.41, 5.74) is 0. The zero-order valence-corrected chi connectivity index (χ0v) is 34.6. The van der Waals surface area contributed by atoms with E-state index < -0.39 is 83.5 Å². The highest BCUT2D eigenvalue weighted by atomic mass is 31.2. The average Bonchev–Trinajstić information content (AvgIpc) is 3.17. The molecule has 0 aromatic heterocycles. The fourth-order valence-electron chi connectivity index (χ4n) is 5.20. The van der Waals surface area contributed by atoms with Crippen molar-refractivity contribution in [2.75, 3.05) is 13.2 Å². The van der Waals surface area contributed by atoms with Crippen molar-refractivity contribution in [3.63, 3.8) is 0 Å². The van der Waals surface area contributed by atoms with Crippen LogP contribution in [0.15, 0.2) is 0 Å². The van der Waals surface area contributed by atoms with Gasteiger partial charge in [-0.2, -0.15) is 0 Å². The van der Waals surface area contributed by atoms with Gasteiger partial charge in [-0.3, -0.25) is 18.4 Å². The topological polar surface area (TPSA) is 291 Å². The van der Waals surface area contributed by atoms with E-state index in [0.717, 1.165) is 32.1 Å². The largest absolute Gasteiger partial charge is 0.472 e. The molecule has 350 valence electrons. The van der Waals surface area contributed by atoms with E-state index in [2.05, 4.69) is 82.5 Å². The molecule has 0 aliphatic heterocycles. The Hall–Kier alpha value is -4.12. The number of terminal acetylenes is 1. The van der Waals surface area contributed by atoms with Gasteiger partial charge in [0, 0.05) is 30.9 Å². The summed E-state index contributed by atoms with van der Waals surface area (Å²) in [6, 6.07) is 0. The van der Waals surface area contributed by atoms with Crippen molar-refractivity contribution in [1.82, 2.24) is 6.15 Å². The van der Waals surface area contributed by atoms with Crippen LogP contribution in [0.2, 0.25) is 0 Å². The van der Waals surface area contributed by atoms with Gasteiger partial charge >= 0.3 is 27.6 Å². The Morgan fingerprint density at radius 3 is 1.47 bits per heavy atom. The van der Waals surface area contributed by atoms with Gasteiger partial charge < -0.3 is 50.7 Å². The molecule has 0 aromatic carbocycles. The van der Waals surface area contributed by atoms with Gasteiger partial charge in [0.25, 0.3) is 0 Å². The van der Waals surface area contributed by atoms with Crippen molar-refractivity contribution in [3.8, 4) is 83.4 Å². The molecule has 59 heavy (non-hydrogen) atoms. The van der Waals surface area contributed by atoms with Gasteiger partial charge in [-0.15, -0.1) is 6.42 Å². The molecule has 1 fully saturated rings. The summed E-state index contributed by atoms with van der Waals surface area (Å²) >= 11 is 0. The Morgan fingerprint density at radius 2 is 1.03 bits per heavy atom. The maximum atomic E-state index is 12.8. The van der Waals surface area contributed by atoms with Gasteiger partial charge in [0.15, 0.2) is 6.10 Å². The van der Waals surface area contributed by atoms with E-state index in [9.17, 15) is 44.0 Å². The minimum Gasteiger partial charge on any atom is -0.456 e. The van der Waals surface area contributed by atoms with E-state index in [4.69, 9.17) is 34.7 Å². The van der Waals surface area contributed by atoms with E-state index in [1.165, 1.54) is 44.9 Å². The standard InChI is InChI=1S/C40H50O16P2.H3N.13H2/c1-3-5-7-9-11-13-15-17-19-21-23-25-27-29-34(42)54-32(30-52-33(41)28-26-24-22-20-18-16-14-12-10-8-6-4-2)31-53-58(50,51)56-40-37(45)35(43)39(36(44)38(40)46)55-57(47,48)49;;;;;;;;;;;;;;/h2,32,35-40,43-46H,3,5,7,9,11,13,15,17,19,21,23,25,27,29-31H2,1H3,(H,50,51)(H2,47,48,49);1H3;13*1H/t32-,35-,36+,37?,38-,39?,40?;;;;;;;;;;;;;;/m1............../s1. The number of rotatable bonds is 24. The predicted octanol–water partition coefficient (Wildman–Crippen LogP) is 5.37. The second-order valence-electron chi connectivity index (χ2n) is 12.7. The van der Waals surface area contributed by atoms with Crippen LogP contribution in [0.4, 0.5) is 0 Å². The number of phosphoric ester groups is 2. The number of carbonyl (C=O) groups is 2. The van der Waals surface area contributed by atoms with Crippen LogP contribution in [-0.4, -0.2) is 103 Å². The number of unbranched alkanes of at least 4 members (excludes halogenated alkanes) is 12. The Balaban J connectivity index is -0.000000200. The van der Waals surface area contributed by atoms with Crippen molar-refractivity contribution in [2.24, 2.45) is 0 Å². The molecule has 17 nitrogen and oxygen atoms in total. The van der Waals surface area contributed by atoms with Crippen LogP contribution in [0, 0.1) is 83.4 Å². The zero-order valence-electron chi connectivity index (χ0n) is 32.8. The molecular weight excluding hydrogens is 812 g/mol. The van der Waals surface area contributed by atoms with Crippen molar-refractivity contribution in [3.05, 3.63) is 0 Å². The van der Waals surface area contributed by atoms with Crippen molar-refractivity contribution in [1.29, 1.82) is 0 Å². The Bertz CT molecular complexity index is 1870. The highest BCUT2D eigenvalue weighted by molar-refractivity contribution is 7.47. The third-order valence-electron chi connectivity index (χ3n) is 8.03. The minimum atomic E-state index is -5.35. The van der Waals surface area contributed by atoms with E-state index in [1.807, 2.05) is 5.92 Å². The number of aliphatic hydroxyl groups is 4. The van der Waals surface area contributed by atoms with E-state index in [-0.39, 0.29) is 31.1 Å². The molecule has 8 atom stereocenters. The first-order valence-electron chi connectivity index (χ1n) is 18.6. The lowest BCUT2D eigenvalue weighted by molar-refractivity contribution is -0.216. The van der Waals surface area contributed by atoms with Crippen molar-refractivity contribution in [2.45, 2.75) is 140 Å². The van der Waals surface area contributed by atoms with Gasteiger partial charge in [-0.1, -0.05) is 84.0 Å². The first kappa shape index (κ1) is 54.9. The number of carbonyl (C=O) groups excluding carboxylic acids is 2. The fraction of sp³-hybridized carbons (Fsp3) is 0.600. The molecule has 1 rings (SSSR count). The van der Waals surface area contributed by atoms with E-state index >= 15 is 0 Å². The molecular formula is C40H79NO16P2. The lowest BCUT2D eigenvalue weighted by Gasteiger charge is -2.43. The summed E-state index contributed by atoms with van der Waals surface area (Å²) in [5.74, 6) is 27.9. The summed E-state index contributed by atoms with van der Waals surface area (Å²) in [6.45, 7) is 0.532. The van der Waals surface area contributed by atoms with Gasteiger partial charge in [0.05, 0.1) is 6.61 Å². The van der Waals surface area contributed by atoms with Gasteiger partial charge in [0.2, 0.25) is 0 Å². The Labute approximate surface area is 365 Å². The van der Waals surface area contributed by atoms with Crippen molar-refractivity contribution < 1.29 is 95.4 Å². The summed E-state index contributed by atoms with van der Waals surface area (Å²) in [4.78, 5) is 53.3. The zero-order chi connectivity index (χ0) is 43.2. The third kappa shape index (κ3) is 26.6. The highest BCUT2D eigenvalue weighted by Gasteiger charge is 2.54. The van der Waals surface area contributed by atoms with Crippen LogP contribution in [-0.2, 0) is 41.8 Å². The molecule has 0 spiro atoms. The molecule has 1 aliphatic carbocycles. The summed E-state index contributed by atoms with van der Waals surface area (Å²) in [7, 11) is -10.7. The summed E-state index contributed by atoms with van der Waals surface area (Å²) in [6.07, 6.45) is 3.85. The predicted molar refractivity (Wildman–Crippen MR) is 241 cm³/mol.